The fourth-order valence-corrected chi connectivity index (χ4v) is 4.26. The summed E-state index contributed by atoms with van der Waals surface area (Å²) >= 11 is 0. The molecule has 0 unspecified atom stereocenters. The molecule has 5 rings (SSSR count). The lowest BCUT2D eigenvalue weighted by Crippen LogP contribution is -2.41. The monoisotopic (exact) mass is 418 g/mol. The zero-order valence-electron chi connectivity index (χ0n) is 17.4. The summed E-state index contributed by atoms with van der Waals surface area (Å²) in [6.07, 6.45) is 6.80. The van der Waals surface area contributed by atoms with E-state index in [1.165, 1.54) is 10.1 Å². The van der Waals surface area contributed by atoms with Gasteiger partial charge in [-0.05, 0) is 55.7 Å². The Hall–Kier alpha value is -3.22. The highest BCUT2D eigenvalue weighted by molar-refractivity contribution is 5.76. The van der Waals surface area contributed by atoms with Crippen molar-refractivity contribution in [1.82, 2.24) is 19.6 Å². The lowest BCUT2D eigenvalue weighted by molar-refractivity contribution is -0.133. The first kappa shape index (κ1) is 19.7. The number of amides is 1. The zero-order chi connectivity index (χ0) is 21.2. The maximum absolute atomic E-state index is 12.9. The Morgan fingerprint density at radius 1 is 1.03 bits per heavy atom. The quantitative estimate of drug-likeness (QED) is 0.614. The van der Waals surface area contributed by atoms with Gasteiger partial charge in [-0.2, -0.15) is 4.98 Å². The maximum Gasteiger partial charge on any atom is 0.263 e. The molecule has 0 bridgehead atoms. The molecular formula is C24H26N4O3. The number of likely N-dealkylation sites (tertiary alicyclic amines) is 1. The van der Waals surface area contributed by atoms with Crippen LogP contribution in [0.5, 0.6) is 0 Å². The molecule has 1 aromatic carbocycles. The summed E-state index contributed by atoms with van der Waals surface area (Å²) in [7, 11) is 0. The van der Waals surface area contributed by atoms with Crippen molar-refractivity contribution in [1.29, 1.82) is 0 Å². The number of pyridine rings is 1. The predicted molar refractivity (Wildman–Crippen MR) is 115 cm³/mol. The number of piperidine rings is 1. The third kappa shape index (κ3) is 4.45. The van der Waals surface area contributed by atoms with Gasteiger partial charge in [0, 0.05) is 25.2 Å². The van der Waals surface area contributed by atoms with Crippen molar-refractivity contribution in [2.45, 2.75) is 44.6 Å². The van der Waals surface area contributed by atoms with Gasteiger partial charge in [-0.25, -0.2) is 0 Å². The van der Waals surface area contributed by atoms with Crippen molar-refractivity contribution in [3.8, 4) is 11.5 Å². The van der Waals surface area contributed by atoms with Crippen LogP contribution in [-0.2, 0) is 17.8 Å². The minimum atomic E-state index is -0.277. The molecule has 7 heteroatoms. The fourth-order valence-electron chi connectivity index (χ4n) is 4.26. The van der Waals surface area contributed by atoms with Crippen molar-refractivity contribution in [3.05, 3.63) is 70.4 Å². The second-order valence-corrected chi connectivity index (χ2v) is 8.60. The van der Waals surface area contributed by atoms with Crippen molar-refractivity contribution in [2.24, 2.45) is 5.92 Å². The Morgan fingerprint density at radius 3 is 2.55 bits per heavy atom. The van der Waals surface area contributed by atoms with Crippen LogP contribution in [0.3, 0.4) is 0 Å². The molecule has 7 nitrogen and oxygen atoms in total. The number of hydrogen-bond acceptors (Lipinski definition) is 5. The van der Waals surface area contributed by atoms with E-state index in [-0.39, 0.29) is 23.9 Å². The third-order valence-electron chi connectivity index (χ3n) is 6.27. The number of hydrogen-bond donors (Lipinski definition) is 0. The Kier molecular flexibility index (Phi) is 5.40. The Morgan fingerprint density at radius 2 is 1.81 bits per heavy atom. The molecule has 1 aliphatic carbocycles. The number of rotatable bonds is 6. The van der Waals surface area contributed by atoms with Crippen molar-refractivity contribution < 1.29 is 9.32 Å². The average Bonchev–Trinajstić information content (AvgIpc) is 3.53. The van der Waals surface area contributed by atoms with Crippen LogP contribution in [-0.4, -0.2) is 38.6 Å². The number of aromatic nitrogens is 3. The molecule has 1 aliphatic heterocycles. The van der Waals surface area contributed by atoms with E-state index in [2.05, 4.69) is 34.4 Å². The highest BCUT2D eigenvalue weighted by Crippen LogP contribution is 2.38. The first-order valence-corrected chi connectivity index (χ1v) is 11.0. The summed E-state index contributed by atoms with van der Waals surface area (Å²) in [5.74, 6) is 1.82. The standard InChI is InChI=1S/C24H26N4O3/c29-21(27-13-10-18(11-14-27)15-17-5-2-1-3-6-17)16-28-12-4-7-20(24(28)30)23-25-22(26-31-23)19-8-9-19/h1-7,12,18-19H,8-11,13-16H2. The van der Waals surface area contributed by atoms with E-state index in [1.807, 2.05) is 11.0 Å². The van der Waals surface area contributed by atoms with Crippen molar-refractivity contribution >= 4 is 5.91 Å². The maximum atomic E-state index is 12.9. The van der Waals surface area contributed by atoms with Gasteiger partial charge in [-0.1, -0.05) is 35.5 Å². The van der Waals surface area contributed by atoms with Gasteiger partial charge in [-0.15, -0.1) is 0 Å². The summed E-state index contributed by atoms with van der Waals surface area (Å²) in [5.41, 5.74) is 1.42. The predicted octanol–water partition coefficient (Wildman–Crippen LogP) is 3.26. The average molecular weight is 418 g/mol. The number of nitrogens with zero attached hydrogens (tertiary/aromatic N) is 4. The molecule has 1 saturated carbocycles. The smallest absolute Gasteiger partial charge is 0.263 e. The highest BCUT2D eigenvalue weighted by Gasteiger charge is 2.29. The number of benzene rings is 1. The molecule has 31 heavy (non-hydrogen) atoms. The molecule has 0 radical (unpaired) electrons. The van der Waals surface area contributed by atoms with Gasteiger partial charge in [0.1, 0.15) is 12.1 Å². The van der Waals surface area contributed by atoms with Crippen LogP contribution in [0.2, 0.25) is 0 Å². The fraction of sp³-hybridized carbons (Fsp3) is 0.417. The molecule has 1 saturated heterocycles. The van der Waals surface area contributed by atoms with Gasteiger partial charge in [0.05, 0.1) is 0 Å². The van der Waals surface area contributed by atoms with E-state index >= 15 is 0 Å². The van der Waals surface area contributed by atoms with E-state index < -0.39 is 0 Å². The number of carbonyl (C=O) groups is 1. The van der Waals surface area contributed by atoms with E-state index in [9.17, 15) is 9.59 Å². The Labute approximate surface area is 180 Å². The summed E-state index contributed by atoms with van der Waals surface area (Å²) in [6, 6.07) is 13.9. The number of carbonyl (C=O) groups excluding carboxylic acids is 1. The normalized spacial score (nSPS) is 17.1. The van der Waals surface area contributed by atoms with Gasteiger partial charge in [0.25, 0.3) is 11.4 Å². The van der Waals surface area contributed by atoms with Crippen LogP contribution >= 0.6 is 0 Å². The third-order valence-corrected chi connectivity index (χ3v) is 6.27. The molecule has 2 fully saturated rings. The summed E-state index contributed by atoms with van der Waals surface area (Å²) < 4.78 is 6.74. The van der Waals surface area contributed by atoms with Gasteiger partial charge in [-0.3, -0.25) is 9.59 Å². The molecule has 2 aliphatic rings. The lowest BCUT2D eigenvalue weighted by Gasteiger charge is -2.32. The Balaban J connectivity index is 1.21. The summed E-state index contributed by atoms with van der Waals surface area (Å²) in [4.78, 5) is 32.0. The minimum absolute atomic E-state index is 0.0263. The molecule has 2 aromatic heterocycles. The second kappa shape index (κ2) is 8.49. The second-order valence-electron chi connectivity index (χ2n) is 8.60. The van der Waals surface area contributed by atoms with Crippen LogP contribution in [0, 0.1) is 5.92 Å². The highest BCUT2D eigenvalue weighted by atomic mass is 16.5. The summed E-state index contributed by atoms with van der Waals surface area (Å²) in [6.45, 7) is 1.50. The zero-order valence-corrected chi connectivity index (χ0v) is 17.4. The molecule has 0 N–H and O–H groups in total. The van der Waals surface area contributed by atoms with E-state index in [0.29, 0.717) is 23.2 Å². The van der Waals surface area contributed by atoms with Gasteiger partial charge < -0.3 is 14.0 Å². The molecule has 1 amide bonds. The molecule has 0 atom stereocenters. The van der Waals surface area contributed by atoms with E-state index in [0.717, 1.165) is 45.2 Å². The molecule has 3 aromatic rings. The van der Waals surface area contributed by atoms with Crippen LogP contribution < -0.4 is 5.56 Å². The largest absolute Gasteiger partial charge is 0.341 e. The van der Waals surface area contributed by atoms with Crippen molar-refractivity contribution in [3.63, 3.8) is 0 Å². The molecule has 0 spiro atoms. The van der Waals surface area contributed by atoms with E-state index in [1.54, 1.807) is 18.3 Å². The minimum Gasteiger partial charge on any atom is -0.341 e. The molecular weight excluding hydrogens is 392 g/mol. The van der Waals surface area contributed by atoms with Crippen molar-refractivity contribution in [2.75, 3.05) is 13.1 Å². The molecule has 3 heterocycles. The van der Waals surface area contributed by atoms with Gasteiger partial charge >= 0.3 is 0 Å². The van der Waals surface area contributed by atoms with Crippen LogP contribution in [0.25, 0.3) is 11.5 Å². The topological polar surface area (TPSA) is 81.2 Å². The Bertz CT molecular complexity index is 1110. The molecule has 160 valence electrons. The first-order chi connectivity index (χ1) is 15.2. The van der Waals surface area contributed by atoms with Gasteiger partial charge in [0.2, 0.25) is 5.91 Å². The first-order valence-electron chi connectivity index (χ1n) is 11.0. The van der Waals surface area contributed by atoms with Crippen LogP contribution in [0.1, 0.15) is 43.0 Å². The van der Waals surface area contributed by atoms with E-state index in [4.69, 9.17) is 4.52 Å². The van der Waals surface area contributed by atoms with Crippen LogP contribution in [0.4, 0.5) is 0 Å². The SMILES string of the molecule is O=C(Cn1cccc(-c2nc(C3CC3)no2)c1=O)N1CCC(Cc2ccccc2)CC1. The van der Waals surface area contributed by atoms with Gasteiger partial charge in [0.15, 0.2) is 5.82 Å². The summed E-state index contributed by atoms with van der Waals surface area (Å²) in [5, 5.41) is 3.99. The van der Waals surface area contributed by atoms with Crippen LogP contribution in [0.15, 0.2) is 58.0 Å². The lowest BCUT2D eigenvalue weighted by atomic mass is 9.90.